The summed E-state index contributed by atoms with van der Waals surface area (Å²) in [5, 5.41) is 11.3. The molecule has 3 aromatic rings. The van der Waals surface area contributed by atoms with Crippen LogP contribution < -0.4 is 0 Å². The fraction of sp³-hybridized carbons (Fsp3) is 0.300. The van der Waals surface area contributed by atoms with Crippen molar-refractivity contribution < 1.29 is 9.52 Å². The maximum absolute atomic E-state index is 10.3. The van der Waals surface area contributed by atoms with Crippen LogP contribution >= 0.6 is 0 Å². The minimum absolute atomic E-state index is 0.294. The van der Waals surface area contributed by atoms with Gasteiger partial charge in [-0.05, 0) is 47.2 Å². The van der Waals surface area contributed by atoms with Gasteiger partial charge in [0.05, 0.1) is 6.26 Å². The highest BCUT2D eigenvalue weighted by Gasteiger charge is 2.14. The molecule has 0 aliphatic carbocycles. The van der Waals surface area contributed by atoms with E-state index in [2.05, 4.69) is 45.9 Å². The molecule has 1 heterocycles. The molecule has 2 aromatic carbocycles. The molecule has 114 valence electrons. The second kappa shape index (κ2) is 5.53. The highest BCUT2D eigenvalue weighted by atomic mass is 16.3. The molecule has 22 heavy (non-hydrogen) atoms. The Morgan fingerprint density at radius 2 is 1.45 bits per heavy atom. The first-order valence-electron chi connectivity index (χ1n) is 7.81. The summed E-state index contributed by atoms with van der Waals surface area (Å²) < 4.78 is 5.68. The van der Waals surface area contributed by atoms with Gasteiger partial charge in [0.1, 0.15) is 11.3 Å². The van der Waals surface area contributed by atoms with Crippen LogP contribution in [0.1, 0.15) is 50.7 Å². The molecule has 0 aliphatic heterocycles. The lowest BCUT2D eigenvalue weighted by atomic mass is 9.95. The monoisotopic (exact) mass is 294 g/mol. The Morgan fingerprint density at radius 1 is 0.818 bits per heavy atom. The zero-order valence-corrected chi connectivity index (χ0v) is 13.6. The van der Waals surface area contributed by atoms with E-state index in [0.29, 0.717) is 17.6 Å². The van der Waals surface area contributed by atoms with Crippen LogP contribution in [-0.2, 0) is 0 Å². The molecule has 0 radical (unpaired) electrons. The van der Waals surface area contributed by atoms with E-state index in [1.54, 1.807) is 12.3 Å². The number of aromatic hydroxyl groups is 1. The smallest absolute Gasteiger partial charge is 0.134 e. The molecule has 0 aliphatic rings. The van der Waals surface area contributed by atoms with Gasteiger partial charge in [-0.15, -0.1) is 0 Å². The van der Waals surface area contributed by atoms with Gasteiger partial charge < -0.3 is 9.52 Å². The fourth-order valence-electron chi connectivity index (χ4n) is 2.74. The molecule has 0 saturated heterocycles. The van der Waals surface area contributed by atoms with E-state index < -0.39 is 0 Å². The third kappa shape index (κ3) is 2.50. The molecule has 0 unspecified atom stereocenters. The van der Waals surface area contributed by atoms with Crippen molar-refractivity contribution in [2.24, 2.45) is 0 Å². The third-order valence-corrected chi connectivity index (χ3v) is 4.24. The van der Waals surface area contributed by atoms with E-state index in [1.165, 1.54) is 11.1 Å². The maximum atomic E-state index is 10.3. The van der Waals surface area contributed by atoms with Gasteiger partial charge in [0.15, 0.2) is 0 Å². The predicted octanol–water partition coefficient (Wildman–Crippen LogP) is 6.05. The zero-order valence-electron chi connectivity index (χ0n) is 13.6. The lowest BCUT2D eigenvalue weighted by Crippen LogP contribution is -1.89. The fourth-order valence-corrected chi connectivity index (χ4v) is 2.74. The molecule has 0 fully saturated rings. The number of hydrogen-bond donors (Lipinski definition) is 1. The lowest BCUT2D eigenvalue weighted by Gasteiger charge is -2.10. The highest BCUT2D eigenvalue weighted by Crippen LogP contribution is 2.38. The molecule has 0 saturated carbocycles. The standard InChI is InChI=1S/C20H22O2/c1-12(2)14-5-7-19(21)16(9-14)18-11-22-20-8-6-15(13(3)4)10-17(18)20/h5-13,21H,1-4H3. The van der Waals surface area contributed by atoms with Gasteiger partial charge in [-0.2, -0.15) is 0 Å². The number of hydrogen-bond acceptors (Lipinski definition) is 2. The Bertz CT molecular complexity index is 810. The molecule has 0 bridgehead atoms. The summed E-state index contributed by atoms with van der Waals surface area (Å²) in [6.45, 7) is 8.66. The minimum Gasteiger partial charge on any atom is -0.507 e. The second-order valence-electron chi connectivity index (χ2n) is 6.49. The summed E-state index contributed by atoms with van der Waals surface area (Å²) in [7, 11) is 0. The van der Waals surface area contributed by atoms with Crippen molar-refractivity contribution in [3.63, 3.8) is 0 Å². The number of benzene rings is 2. The quantitative estimate of drug-likeness (QED) is 0.637. The van der Waals surface area contributed by atoms with E-state index in [-0.39, 0.29) is 0 Å². The van der Waals surface area contributed by atoms with Crippen LogP contribution in [0.4, 0.5) is 0 Å². The summed E-state index contributed by atoms with van der Waals surface area (Å²) in [5.74, 6) is 1.17. The van der Waals surface area contributed by atoms with Crippen LogP contribution in [0.25, 0.3) is 22.1 Å². The highest BCUT2D eigenvalue weighted by molar-refractivity contribution is 5.96. The molecule has 1 aromatic heterocycles. The topological polar surface area (TPSA) is 33.4 Å². The van der Waals surface area contributed by atoms with Gasteiger partial charge in [-0.3, -0.25) is 0 Å². The largest absolute Gasteiger partial charge is 0.507 e. The number of phenols is 1. The summed E-state index contributed by atoms with van der Waals surface area (Å²) in [6.07, 6.45) is 1.74. The first kappa shape index (κ1) is 14.7. The lowest BCUT2D eigenvalue weighted by molar-refractivity contribution is 0.477. The predicted molar refractivity (Wildman–Crippen MR) is 91.5 cm³/mol. The average molecular weight is 294 g/mol. The molecule has 0 atom stereocenters. The first-order valence-corrected chi connectivity index (χ1v) is 7.81. The van der Waals surface area contributed by atoms with Crippen LogP contribution in [0.2, 0.25) is 0 Å². The van der Waals surface area contributed by atoms with Crippen molar-refractivity contribution in [3.05, 3.63) is 53.8 Å². The second-order valence-corrected chi connectivity index (χ2v) is 6.49. The minimum atomic E-state index is 0.294. The molecule has 3 rings (SSSR count). The molecule has 2 nitrogen and oxygen atoms in total. The first-order chi connectivity index (χ1) is 10.5. The Morgan fingerprint density at radius 3 is 2.14 bits per heavy atom. The van der Waals surface area contributed by atoms with Gasteiger partial charge in [-0.25, -0.2) is 0 Å². The van der Waals surface area contributed by atoms with E-state index in [9.17, 15) is 5.11 Å². The molecule has 1 N–H and O–H groups in total. The molecular formula is C20H22O2. The normalized spacial score (nSPS) is 11.7. The van der Waals surface area contributed by atoms with E-state index >= 15 is 0 Å². The zero-order chi connectivity index (χ0) is 15.9. The number of fused-ring (bicyclic) bond motifs is 1. The number of furan rings is 1. The van der Waals surface area contributed by atoms with E-state index in [0.717, 1.165) is 22.1 Å². The van der Waals surface area contributed by atoms with Crippen LogP contribution in [0.5, 0.6) is 5.75 Å². The van der Waals surface area contributed by atoms with Crippen LogP contribution in [0, 0.1) is 0 Å². The van der Waals surface area contributed by atoms with Crippen molar-refractivity contribution in [1.82, 2.24) is 0 Å². The Labute approximate surface area is 131 Å². The van der Waals surface area contributed by atoms with Crippen LogP contribution in [0.3, 0.4) is 0 Å². The summed E-state index contributed by atoms with van der Waals surface area (Å²) in [5.41, 5.74) is 5.13. The molecule has 0 spiro atoms. The molecular weight excluding hydrogens is 272 g/mol. The van der Waals surface area contributed by atoms with Gasteiger partial charge in [0, 0.05) is 16.5 Å². The Balaban J connectivity index is 2.21. The van der Waals surface area contributed by atoms with E-state index in [1.807, 2.05) is 12.1 Å². The van der Waals surface area contributed by atoms with Crippen molar-refractivity contribution in [2.75, 3.05) is 0 Å². The molecule has 0 amide bonds. The van der Waals surface area contributed by atoms with Gasteiger partial charge >= 0.3 is 0 Å². The SMILES string of the molecule is CC(C)c1ccc(O)c(-c2coc3ccc(C(C)C)cc23)c1. The van der Waals surface area contributed by atoms with Crippen molar-refractivity contribution in [3.8, 4) is 16.9 Å². The number of rotatable bonds is 3. The van der Waals surface area contributed by atoms with Crippen molar-refractivity contribution in [1.29, 1.82) is 0 Å². The number of phenolic OH excluding ortho intramolecular Hbond substituents is 1. The van der Waals surface area contributed by atoms with Gasteiger partial charge in [0.2, 0.25) is 0 Å². The van der Waals surface area contributed by atoms with Gasteiger partial charge in [0.25, 0.3) is 0 Å². The van der Waals surface area contributed by atoms with Crippen LogP contribution in [0.15, 0.2) is 47.1 Å². The van der Waals surface area contributed by atoms with Crippen LogP contribution in [-0.4, -0.2) is 5.11 Å². The Kier molecular flexibility index (Phi) is 3.69. The maximum Gasteiger partial charge on any atom is 0.134 e. The Hall–Kier alpha value is -2.22. The summed E-state index contributed by atoms with van der Waals surface area (Å²) in [6, 6.07) is 12.1. The van der Waals surface area contributed by atoms with Crippen molar-refractivity contribution in [2.45, 2.75) is 39.5 Å². The molecule has 2 heteroatoms. The van der Waals surface area contributed by atoms with E-state index in [4.69, 9.17) is 4.42 Å². The van der Waals surface area contributed by atoms with Crippen molar-refractivity contribution >= 4 is 11.0 Å². The third-order valence-electron chi connectivity index (χ3n) is 4.24. The van der Waals surface area contributed by atoms with Gasteiger partial charge in [-0.1, -0.05) is 39.8 Å². The summed E-state index contributed by atoms with van der Waals surface area (Å²) >= 11 is 0. The summed E-state index contributed by atoms with van der Waals surface area (Å²) in [4.78, 5) is 0. The average Bonchev–Trinajstić information content (AvgIpc) is 2.90.